The monoisotopic (exact) mass is 387 g/mol. The average molecular weight is 388 g/mol. The fourth-order valence-electron chi connectivity index (χ4n) is 3.53. The van der Waals surface area contributed by atoms with Crippen LogP contribution in [0.25, 0.3) is 10.9 Å². The summed E-state index contributed by atoms with van der Waals surface area (Å²) >= 11 is 1.39. The molecule has 1 unspecified atom stereocenters. The lowest BCUT2D eigenvalue weighted by molar-refractivity contribution is -0.121. The molecular formula is C21H29N3O2S. The summed E-state index contributed by atoms with van der Waals surface area (Å²) in [6.45, 7) is 4.63. The summed E-state index contributed by atoms with van der Waals surface area (Å²) in [5.41, 5.74) is 0.675. The van der Waals surface area contributed by atoms with E-state index in [-0.39, 0.29) is 16.7 Å². The van der Waals surface area contributed by atoms with Crippen LogP contribution in [0.4, 0.5) is 0 Å². The minimum Gasteiger partial charge on any atom is -0.352 e. The molecule has 0 aliphatic heterocycles. The van der Waals surface area contributed by atoms with Crippen LogP contribution >= 0.6 is 11.8 Å². The minimum atomic E-state index is -0.284. The Kier molecular flexibility index (Phi) is 6.94. The lowest BCUT2D eigenvalue weighted by Crippen LogP contribution is -2.40. The molecule has 1 atom stereocenters. The number of para-hydroxylation sites is 1. The maximum absolute atomic E-state index is 12.9. The molecule has 146 valence electrons. The molecule has 0 spiro atoms. The maximum Gasteiger partial charge on any atom is 0.262 e. The summed E-state index contributed by atoms with van der Waals surface area (Å²) in [5.74, 6) is 0.0383. The van der Waals surface area contributed by atoms with Gasteiger partial charge in [0.25, 0.3) is 5.56 Å². The number of nitrogens with one attached hydrogen (secondary N) is 1. The van der Waals surface area contributed by atoms with Gasteiger partial charge in [0.05, 0.1) is 16.2 Å². The minimum absolute atomic E-state index is 0.0172. The highest BCUT2D eigenvalue weighted by atomic mass is 32.2. The van der Waals surface area contributed by atoms with Crippen LogP contribution in [0.5, 0.6) is 0 Å². The predicted molar refractivity (Wildman–Crippen MR) is 111 cm³/mol. The van der Waals surface area contributed by atoms with Crippen LogP contribution in [0, 0.1) is 0 Å². The van der Waals surface area contributed by atoms with Crippen LogP contribution in [-0.2, 0) is 11.3 Å². The highest BCUT2D eigenvalue weighted by Crippen LogP contribution is 2.24. The number of aromatic nitrogens is 2. The molecule has 1 aliphatic rings. The van der Waals surface area contributed by atoms with Gasteiger partial charge in [-0.3, -0.25) is 14.2 Å². The van der Waals surface area contributed by atoms with E-state index in [4.69, 9.17) is 4.98 Å². The Hall–Kier alpha value is -1.82. The maximum atomic E-state index is 12.9. The second kappa shape index (κ2) is 9.40. The van der Waals surface area contributed by atoms with E-state index >= 15 is 0 Å². The van der Waals surface area contributed by atoms with E-state index in [0.717, 1.165) is 25.7 Å². The molecule has 1 aromatic heterocycles. The molecule has 6 heteroatoms. The molecule has 1 fully saturated rings. The lowest BCUT2D eigenvalue weighted by Gasteiger charge is -2.24. The first kappa shape index (κ1) is 19.9. The standard InChI is InChI=1S/C21H29N3O2S/c1-3-4-14-24-20(26)17-12-8-9-13-18(17)23-21(24)27-15(2)19(25)22-16-10-6-5-7-11-16/h8-9,12-13,15-16H,3-7,10-11,14H2,1-2H3,(H,22,25). The highest BCUT2D eigenvalue weighted by molar-refractivity contribution is 8.00. The molecule has 1 amide bonds. The van der Waals surface area contributed by atoms with Gasteiger partial charge in [-0.05, 0) is 38.3 Å². The SMILES string of the molecule is CCCCn1c(SC(C)C(=O)NC2CCCCC2)nc2ccccc2c1=O. The normalized spacial score (nSPS) is 16.4. The average Bonchev–Trinajstić information content (AvgIpc) is 2.68. The third-order valence-electron chi connectivity index (χ3n) is 5.16. The summed E-state index contributed by atoms with van der Waals surface area (Å²) in [7, 11) is 0. The Bertz CT molecular complexity index is 843. The van der Waals surface area contributed by atoms with Crippen LogP contribution in [0.2, 0.25) is 0 Å². The molecule has 0 bridgehead atoms. The number of fused-ring (bicyclic) bond motifs is 1. The molecule has 1 heterocycles. The van der Waals surface area contributed by atoms with Crippen molar-refractivity contribution < 1.29 is 4.79 Å². The molecule has 5 nitrogen and oxygen atoms in total. The van der Waals surface area contributed by atoms with Crippen molar-refractivity contribution in [2.45, 2.75) is 81.8 Å². The molecule has 1 aliphatic carbocycles. The fourth-order valence-corrected chi connectivity index (χ4v) is 4.47. The van der Waals surface area contributed by atoms with Gasteiger partial charge in [0.15, 0.2) is 5.16 Å². The zero-order valence-electron chi connectivity index (χ0n) is 16.2. The Labute approximate surface area is 164 Å². The lowest BCUT2D eigenvalue weighted by atomic mass is 9.95. The van der Waals surface area contributed by atoms with Crippen molar-refractivity contribution in [3.8, 4) is 0 Å². The number of thioether (sulfide) groups is 1. The van der Waals surface area contributed by atoms with Gasteiger partial charge in [-0.1, -0.05) is 56.5 Å². The number of carbonyl (C=O) groups excluding carboxylic acids is 1. The first-order valence-corrected chi connectivity index (χ1v) is 10.9. The third kappa shape index (κ3) is 4.92. The molecule has 27 heavy (non-hydrogen) atoms. The number of unbranched alkanes of at least 4 members (excludes halogenated alkanes) is 1. The topological polar surface area (TPSA) is 64.0 Å². The van der Waals surface area contributed by atoms with Gasteiger partial charge < -0.3 is 5.32 Å². The van der Waals surface area contributed by atoms with Gasteiger partial charge in [0.1, 0.15) is 0 Å². The highest BCUT2D eigenvalue weighted by Gasteiger charge is 2.22. The number of hydrogen-bond donors (Lipinski definition) is 1. The first-order chi connectivity index (χ1) is 13.1. The number of nitrogens with zero attached hydrogens (tertiary/aromatic N) is 2. The Morgan fingerprint density at radius 1 is 1.30 bits per heavy atom. The fraction of sp³-hybridized carbons (Fsp3) is 0.571. The summed E-state index contributed by atoms with van der Waals surface area (Å²) in [4.78, 5) is 30.3. The van der Waals surface area contributed by atoms with E-state index in [2.05, 4.69) is 12.2 Å². The predicted octanol–water partition coefficient (Wildman–Crippen LogP) is 4.13. The second-order valence-electron chi connectivity index (χ2n) is 7.33. The molecule has 2 aromatic rings. The van der Waals surface area contributed by atoms with Crippen LogP contribution in [0.3, 0.4) is 0 Å². The summed E-state index contributed by atoms with van der Waals surface area (Å²) in [5, 5.41) is 4.17. The molecule has 1 aromatic carbocycles. The van der Waals surface area contributed by atoms with E-state index in [0.29, 0.717) is 28.6 Å². The van der Waals surface area contributed by atoms with Crippen molar-refractivity contribution in [1.82, 2.24) is 14.9 Å². The van der Waals surface area contributed by atoms with E-state index in [1.54, 1.807) is 4.57 Å². The second-order valence-corrected chi connectivity index (χ2v) is 8.63. The van der Waals surface area contributed by atoms with Gasteiger partial charge in [-0.2, -0.15) is 0 Å². The third-order valence-corrected chi connectivity index (χ3v) is 6.25. The number of benzene rings is 1. The van der Waals surface area contributed by atoms with Gasteiger partial charge >= 0.3 is 0 Å². The molecule has 1 N–H and O–H groups in total. The molecular weight excluding hydrogens is 358 g/mol. The number of hydrogen-bond acceptors (Lipinski definition) is 4. The first-order valence-electron chi connectivity index (χ1n) is 10.1. The smallest absolute Gasteiger partial charge is 0.262 e. The van der Waals surface area contributed by atoms with Crippen LogP contribution in [0.15, 0.2) is 34.2 Å². The van der Waals surface area contributed by atoms with E-state index < -0.39 is 0 Å². The quantitative estimate of drug-likeness (QED) is 0.573. The zero-order chi connectivity index (χ0) is 19.2. The van der Waals surface area contributed by atoms with E-state index in [1.165, 1.54) is 31.0 Å². The zero-order valence-corrected chi connectivity index (χ0v) is 17.1. The largest absolute Gasteiger partial charge is 0.352 e. The van der Waals surface area contributed by atoms with Gasteiger partial charge in [0.2, 0.25) is 5.91 Å². The van der Waals surface area contributed by atoms with Crippen molar-refractivity contribution in [3.63, 3.8) is 0 Å². The Morgan fingerprint density at radius 3 is 2.78 bits per heavy atom. The van der Waals surface area contributed by atoms with Crippen molar-refractivity contribution >= 4 is 28.6 Å². The Balaban J connectivity index is 1.81. The molecule has 1 saturated carbocycles. The number of carbonyl (C=O) groups is 1. The number of amides is 1. The molecule has 0 radical (unpaired) electrons. The van der Waals surface area contributed by atoms with E-state index in [9.17, 15) is 9.59 Å². The van der Waals surface area contributed by atoms with Crippen molar-refractivity contribution in [3.05, 3.63) is 34.6 Å². The van der Waals surface area contributed by atoms with Crippen molar-refractivity contribution in [2.24, 2.45) is 0 Å². The Morgan fingerprint density at radius 2 is 2.04 bits per heavy atom. The summed E-state index contributed by atoms with van der Waals surface area (Å²) < 4.78 is 1.74. The summed E-state index contributed by atoms with van der Waals surface area (Å²) in [6, 6.07) is 7.72. The summed E-state index contributed by atoms with van der Waals surface area (Å²) in [6.07, 6.45) is 7.69. The van der Waals surface area contributed by atoms with Crippen LogP contribution < -0.4 is 10.9 Å². The van der Waals surface area contributed by atoms with Gasteiger partial charge in [-0.25, -0.2) is 4.98 Å². The molecule has 0 saturated heterocycles. The van der Waals surface area contributed by atoms with Crippen LogP contribution in [0.1, 0.15) is 58.8 Å². The molecule has 3 rings (SSSR count). The van der Waals surface area contributed by atoms with Crippen molar-refractivity contribution in [2.75, 3.05) is 0 Å². The van der Waals surface area contributed by atoms with Crippen molar-refractivity contribution in [1.29, 1.82) is 0 Å². The van der Waals surface area contributed by atoms with Gasteiger partial charge in [-0.15, -0.1) is 0 Å². The van der Waals surface area contributed by atoms with Gasteiger partial charge in [0, 0.05) is 12.6 Å². The van der Waals surface area contributed by atoms with E-state index in [1.807, 2.05) is 31.2 Å². The number of rotatable bonds is 7. The van der Waals surface area contributed by atoms with Crippen LogP contribution in [-0.4, -0.2) is 26.8 Å².